The molecule has 0 amide bonds. The number of rotatable bonds is 11. The van der Waals surface area contributed by atoms with Gasteiger partial charge in [0, 0.05) is 19.4 Å². The Hall–Kier alpha value is -2.48. The first kappa shape index (κ1) is 24.8. The summed E-state index contributed by atoms with van der Waals surface area (Å²) < 4.78 is 19.2. The van der Waals surface area contributed by atoms with Gasteiger partial charge in [-0.1, -0.05) is 24.3 Å². The van der Waals surface area contributed by atoms with Gasteiger partial charge in [-0.25, -0.2) is 4.98 Å². The Labute approximate surface area is 187 Å². The van der Waals surface area contributed by atoms with Gasteiger partial charge in [0.05, 0.1) is 37.1 Å². The van der Waals surface area contributed by atoms with Crippen molar-refractivity contribution in [3.05, 3.63) is 70.8 Å². The molecule has 3 aromatic rings. The number of aliphatic hydroxyl groups is 1. The molecule has 1 aromatic heterocycles. The fourth-order valence-corrected chi connectivity index (χ4v) is 3.35. The number of halogens is 2. The quantitative estimate of drug-likeness (QED) is 0.376. The topological polar surface area (TPSA) is 81.0 Å². The Morgan fingerprint density at radius 3 is 2.65 bits per heavy atom. The van der Waals surface area contributed by atoms with Crippen molar-refractivity contribution in [3.8, 4) is 5.75 Å². The van der Waals surface area contributed by atoms with E-state index in [4.69, 9.17) is 4.74 Å². The van der Waals surface area contributed by atoms with Gasteiger partial charge in [-0.05, 0) is 36.8 Å². The van der Waals surface area contributed by atoms with Crippen LogP contribution in [-0.2, 0) is 6.54 Å². The molecule has 6 nitrogen and oxygen atoms in total. The van der Waals surface area contributed by atoms with Gasteiger partial charge in [0.1, 0.15) is 17.9 Å². The van der Waals surface area contributed by atoms with Crippen LogP contribution in [0.3, 0.4) is 0 Å². The fourth-order valence-electron chi connectivity index (χ4n) is 3.35. The van der Waals surface area contributed by atoms with Crippen molar-refractivity contribution in [2.75, 3.05) is 19.8 Å². The molecule has 0 bridgehead atoms. The highest BCUT2D eigenvalue weighted by Crippen LogP contribution is 2.19. The van der Waals surface area contributed by atoms with Gasteiger partial charge in [0.25, 0.3) is 5.56 Å². The zero-order chi connectivity index (χ0) is 21.3. The Kier molecular flexibility index (Phi) is 9.91. The van der Waals surface area contributed by atoms with Crippen LogP contribution in [0.5, 0.6) is 5.75 Å². The monoisotopic (exact) mass is 449 g/mol. The fraction of sp³-hybridized carbons (Fsp3) is 0.391. The number of para-hydroxylation sites is 1. The molecule has 2 atom stereocenters. The zero-order valence-electron chi connectivity index (χ0n) is 17.6. The van der Waals surface area contributed by atoms with Crippen molar-refractivity contribution in [2.45, 2.75) is 38.5 Å². The summed E-state index contributed by atoms with van der Waals surface area (Å²) in [5.41, 5.74) is 1.50. The third-order valence-corrected chi connectivity index (χ3v) is 5.14. The van der Waals surface area contributed by atoms with E-state index in [1.54, 1.807) is 29.1 Å². The van der Waals surface area contributed by atoms with Crippen LogP contribution in [-0.4, -0.2) is 40.5 Å². The van der Waals surface area contributed by atoms with Gasteiger partial charge < -0.3 is 27.6 Å². The zero-order valence-corrected chi connectivity index (χ0v) is 18.3. The molecular formula is C23H29ClFN3O3. The molecule has 2 unspecified atom stereocenters. The number of aliphatic hydroxyl groups excluding tert-OH is 1. The van der Waals surface area contributed by atoms with E-state index >= 15 is 0 Å². The number of quaternary nitrogens is 1. The van der Waals surface area contributed by atoms with E-state index in [1.165, 1.54) is 0 Å². The number of aromatic nitrogens is 2. The second-order valence-electron chi connectivity index (χ2n) is 7.40. The van der Waals surface area contributed by atoms with E-state index in [-0.39, 0.29) is 24.0 Å². The number of alkyl halides is 1. The van der Waals surface area contributed by atoms with Gasteiger partial charge in [-0.3, -0.25) is 13.8 Å². The average Bonchev–Trinajstić information content (AvgIpc) is 2.78. The lowest BCUT2D eigenvalue weighted by Crippen LogP contribution is -3.00. The maximum atomic E-state index is 12.5. The molecule has 0 fully saturated rings. The van der Waals surface area contributed by atoms with Crippen LogP contribution in [0.2, 0.25) is 0 Å². The van der Waals surface area contributed by atoms with Crippen LogP contribution >= 0.6 is 0 Å². The van der Waals surface area contributed by atoms with Crippen LogP contribution in [0, 0.1) is 0 Å². The summed E-state index contributed by atoms with van der Waals surface area (Å²) in [7, 11) is 0. The molecule has 0 aliphatic heterocycles. The van der Waals surface area contributed by atoms with Crippen LogP contribution in [0.1, 0.15) is 31.4 Å². The first-order valence-electron chi connectivity index (χ1n) is 10.3. The Morgan fingerprint density at radius 2 is 1.90 bits per heavy atom. The third-order valence-electron chi connectivity index (χ3n) is 5.14. The van der Waals surface area contributed by atoms with Crippen LogP contribution in [0.15, 0.2) is 59.7 Å². The highest BCUT2D eigenvalue weighted by atomic mass is 35.5. The summed E-state index contributed by atoms with van der Waals surface area (Å²) in [6.45, 7) is 3.29. The maximum absolute atomic E-state index is 12.5. The lowest BCUT2D eigenvalue weighted by Gasteiger charge is -2.18. The molecule has 2 aromatic carbocycles. The predicted molar refractivity (Wildman–Crippen MR) is 114 cm³/mol. The van der Waals surface area contributed by atoms with E-state index < -0.39 is 12.8 Å². The molecule has 0 aliphatic carbocycles. The summed E-state index contributed by atoms with van der Waals surface area (Å²) >= 11 is 0. The second-order valence-corrected chi connectivity index (χ2v) is 7.40. The third kappa shape index (κ3) is 6.75. The lowest BCUT2D eigenvalue weighted by atomic mass is 10.0. The summed E-state index contributed by atoms with van der Waals surface area (Å²) in [5.74, 6) is 0.672. The van der Waals surface area contributed by atoms with Crippen molar-refractivity contribution in [1.29, 1.82) is 0 Å². The molecule has 1 heterocycles. The van der Waals surface area contributed by atoms with Crippen LogP contribution in [0.4, 0.5) is 4.39 Å². The molecule has 0 saturated carbocycles. The Morgan fingerprint density at radius 1 is 1.16 bits per heavy atom. The smallest absolute Gasteiger partial charge is 0.261 e. The largest absolute Gasteiger partial charge is 1.00 e. The van der Waals surface area contributed by atoms with E-state index in [2.05, 4.69) is 10.3 Å². The number of fused-ring (bicyclic) bond motifs is 1. The maximum Gasteiger partial charge on any atom is 0.261 e. The number of nitrogens with two attached hydrogens (primary N) is 1. The molecule has 31 heavy (non-hydrogen) atoms. The second kappa shape index (κ2) is 12.4. The molecular weight excluding hydrogens is 421 g/mol. The van der Waals surface area contributed by atoms with Gasteiger partial charge >= 0.3 is 0 Å². The van der Waals surface area contributed by atoms with E-state index in [0.717, 1.165) is 18.5 Å². The minimum atomic E-state index is -0.616. The summed E-state index contributed by atoms with van der Waals surface area (Å²) in [6.07, 6.45) is 2.14. The molecule has 0 saturated heterocycles. The number of nitrogens with zero attached hydrogens (tertiary/aromatic N) is 2. The lowest BCUT2D eigenvalue weighted by molar-refractivity contribution is -0.694. The Balaban J connectivity index is 0.00000341. The number of hydrogen-bond donors (Lipinski definition) is 2. The number of benzene rings is 2. The normalized spacial score (nSPS) is 12.9. The predicted octanol–water partition coefficient (Wildman–Crippen LogP) is -0.785. The SMILES string of the molecule is CC([NH2+]CCCn1cnc2ccccc2c1=O)C(O)c1ccc(OCCCF)cc1.[Cl-]. The van der Waals surface area contributed by atoms with Gasteiger partial charge in [-0.2, -0.15) is 0 Å². The first-order valence-corrected chi connectivity index (χ1v) is 10.3. The van der Waals surface area contributed by atoms with Gasteiger partial charge in [0.15, 0.2) is 0 Å². The molecule has 168 valence electrons. The number of ether oxygens (including phenoxy) is 1. The highest BCUT2D eigenvalue weighted by molar-refractivity contribution is 5.76. The van der Waals surface area contributed by atoms with E-state index in [9.17, 15) is 14.3 Å². The van der Waals surface area contributed by atoms with Crippen molar-refractivity contribution < 1.29 is 32.0 Å². The summed E-state index contributed by atoms with van der Waals surface area (Å²) in [4.78, 5) is 16.8. The minimum Gasteiger partial charge on any atom is -1.00 e. The van der Waals surface area contributed by atoms with Crippen molar-refractivity contribution in [3.63, 3.8) is 0 Å². The minimum absolute atomic E-state index is 0. The Bertz CT molecular complexity index is 997. The number of aryl methyl sites for hydroxylation is 1. The highest BCUT2D eigenvalue weighted by Gasteiger charge is 2.19. The first-order chi connectivity index (χ1) is 14.6. The molecule has 3 rings (SSSR count). The number of hydrogen-bond acceptors (Lipinski definition) is 4. The molecule has 8 heteroatoms. The van der Waals surface area contributed by atoms with E-state index in [1.807, 2.05) is 37.3 Å². The van der Waals surface area contributed by atoms with Crippen molar-refractivity contribution >= 4 is 10.9 Å². The summed E-state index contributed by atoms with van der Waals surface area (Å²) in [6, 6.07) is 14.6. The molecule has 0 spiro atoms. The van der Waals surface area contributed by atoms with Crippen LogP contribution < -0.4 is 28.0 Å². The van der Waals surface area contributed by atoms with Crippen molar-refractivity contribution in [2.24, 2.45) is 0 Å². The molecule has 3 N–H and O–H groups in total. The molecule has 0 radical (unpaired) electrons. The molecule has 0 aliphatic rings. The van der Waals surface area contributed by atoms with Gasteiger partial charge in [-0.15, -0.1) is 0 Å². The van der Waals surface area contributed by atoms with Crippen molar-refractivity contribution in [1.82, 2.24) is 9.55 Å². The standard InChI is InChI=1S/C23H28FN3O3.ClH/c1-17(22(28)18-8-10-19(11-9-18)30-15-4-12-24)25-13-5-14-27-16-26-21-7-3-2-6-20(21)23(27)29;/h2-3,6-11,16-17,22,25,28H,4-5,12-15H2,1H3;1H. The summed E-state index contributed by atoms with van der Waals surface area (Å²) in [5, 5.41) is 13.3. The van der Waals surface area contributed by atoms with Crippen LogP contribution in [0.25, 0.3) is 10.9 Å². The van der Waals surface area contributed by atoms with E-state index in [0.29, 0.717) is 36.2 Å². The average molecular weight is 450 g/mol. The van der Waals surface area contributed by atoms with Gasteiger partial charge in [0.2, 0.25) is 0 Å².